The number of hydrogen-bond donors (Lipinski definition) is 0. The molecule has 0 unspecified atom stereocenters. The smallest absolute Gasteiger partial charge is 0.257 e. The van der Waals surface area contributed by atoms with Crippen LogP contribution in [0.25, 0.3) is 0 Å². The summed E-state index contributed by atoms with van der Waals surface area (Å²) in [4.78, 5) is 4.19. The molecule has 0 radical (unpaired) electrons. The predicted molar refractivity (Wildman–Crippen MR) is 62.6 cm³/mol. The summed E-state index contributed by atoms with van der Waals surface area (Å²) in [5, 5.41) is 0.764. The van der Waals surface area contributed by atoms with E-state index in [-0.39, 0.29) is 0 Å². The highest BCUT2D eigenvalue weighted by Crippen LogP contribution is 2.26. The summed E-state index contributed by atoms with van der Waals surface area (Å²) in [6.45, 7) is 2.18. The van der Waals surface area contributed by atoms with Crippen molar-refractivity contribution < 1.29 is 4.42 Å². The average molecular weight is 362 g/mol. The number of aromatic nitrogens is 1. The van der Waals surface area contributed by atoms with E-state index in [2.05, 4.69) is 50.4 Å². The van der Waals surface area contributed by atoms with Crippen molar-refractivity contribution in [1.82, 2.24) is 4.98 Å². The summed E-state index contributed by atoms with van der Waals surface area (Å²) in [5.41, 5.74) is 0. The van der Waals surface area contributed by atoms with Gasteiger partial charge in [0, 0.05) is 28.3 Å². The van der Waals surface area contributed by atoms with E-state index in [9.17, 15) is 0 Å². The third-order valence-electron chi connectivity index (χ3n) is 1.25. The van der Waals surface area contributed by atoms with Gasteiger partial charge >= 0.3 is 0 Å². The molecule has 1 aromatic heterocycles. The molecule has 1 aromatic rings. The lowest BCUT2D eigenvalue weighted by molar-refractivity contribution is 0.432. The molecular formula is C7H9BrINOS. The minimum absolute atomic E-state index is 0.764. The van der Waals surface area contributed by atoms with Crippen LogP contribution in [0.2, 0.25) is 0 Å². The molecule has 0 aliphatic rings. The van der Waals surface area contributed by atoms with E-state index < -0.39 is 0 Å². The molecule has 1 heterocycles. The second-order valence-corrected chi connectivity index (χ2v) is 5.02. The molecule has 0 atom stereocenters. The molecule has 0 saturated carbocycles. The molecule has 68 valence electrons. The van der Waals surface area contributed by atoms with Crippen molar-refractivity contribution in [2.75, 3.05) is 5.75 Å². The van der Waals surface area contributed by atoms with E-state index >= 15 is 0 Å². The van der Waals surface area contributed by atoms with E-state index in [1.165, 1.54) is 12.8 Å². The molecule has 0 fully saturated rings. The quantitative estimate of drug-likeness (QED) is 0.461. The first-order chi connectivity index (χ1) is 5.74. The number of thioether (sulfide) groups is 1. The molecule has 5 heteroatoms. The minimum Gasteiger partial charge on any atom is -0.424 e. The summed E-state index contributed by atoms with van der Waals surface area (Å²) < 4.78 is 6.99. The maximum atomic E-state index is 5.35. The Hall–Kier alpha value is 0.770. The number of halogens is 2. The van der Waals surface area contributed by atoms with Gasteiger partial charge in [0.2, 0.25) is 0 Å². The van der Waals surface area contributed by atoms with Gasteiger partial charge in [0.05, 0.1) is 0 Å². The number of nitrogens with zero attached hydrogens (tertiary/aromatic N) is 1. The van der Waals surface area contributed by atoms with Crippen molar-refractivity contribution in [3.8, 4) is 0 Å². The van der Waals surface area contributed by atoms with Gasteiger partial charge in [-0.1, -0.05) is 25.1 Å². The molecule has 0 aliphatic carbocycles. The van der Waals surface area contributed by atoms with Crippen molar-refractivity contribution in [2.24, 2.45) is 0 Å². The Morgan fingerprint density at radius 1 is 1.67 bits per heavy atom. The Bertz CT molecular complexity index is 234. The van der Waals surface area contributed by atoms with Gasteiger partial charge in [0.25, 0.3) is 5.22 Å². The summed E-state index contributed by atoms with van der Waals surface area (Å²) >= 11 is 7.08. The van der Waals surface area contributed by atoms with E-state index in [0.29, 0.717) is 0 Å². The maximum absolute atomic E-state index is 5.35. The van der Waals surface area contributed by atoms with Crippen molar-refractivity contribution >= 4 is 50.3 Å². The number of rotatable bonds is 4. The van der Waals surface area contributed by atoms with E-state index in [4.69, 9.17) is 4.42 Å². The minimum atomic E-state index is 0.764. The molecule has 12 heavy (non-hydrogen) atoms. The molecular weight excluding hydrogens is 353 g/mol. The molecule has 0 aliphatic heterocycles. The van der Waals surface area contributed by atoms with Crippen LogP contribution in [0.5, 0.6) is 0 Å². The summed E-state index contributed by atoms with van der Waals surface area (Å²) in [7, 11) is 0. The number of hydrogen-bond acceptors (Lipinski definition) is 3. The first-order valence-corrected chi connectivity index (χ1v) is 6.54. The van der Waals surface area contributed by atoms with Crippen LogP contribution in [-0.4, -0.2) is 10.7 Å². The Morgan fingerprint density at radius 2 is 2.42 bits per heavy atom. The molecule has 0 saturated heterocycles. The number of unbranched alkanes of at least 4 members (excludes halogenated alkanes) is 1. The molecule has 0 amide bonds. The van der Waals surface area contributed by atoms with Crippen molar-refractivity contribution in [3.63, 3.8) is 0 Å². The van der Waals surface area contributed by atoms with Crippen LogP contribution in [0.15, 0.2) is 14.2 Å². The standard InChI is InChI=1S/C7H9BrINOS/c1-2-3-4-12-7-10-5(8)6(9)11-7/h2-4H2,1H3. The topological polar surface area (TPSA) is 26.0 Å². The SMILES string of the molecule is CCCCSc1nc(Br)c(I)o1. The maximum Gasteiger partial charge on any atom is 0.257 e. The van der Waals surface area contributed by atoms with Gasteiger partial charge in [-0.2, -0.15) is 4.98 Å². The van der Waals surface area contributed by atoms with Gasteiger partial charge < -0.3 is 4.42 Å². The van der Waals surface area contributed by atoms with Crippen LogP contribution in [0.4, 0.5) is 0 Å². The van der Waals surface area contributed by atoms with Gasteiger partial charge in [0.15, 0.2) is 8.37 Å². The van der Waals surface area contributed by atoms with Crippen LogP contribution >= 0.6 is 50.3 Å². The molecule has 2 nitrogen and oxygen atoms in total. The first-order valence-electron chi connectivity index (χ1n) is 3.68. The third kappa shape index (κ3) is 3.26. The fourth-order valence-corrected chi connectivity index (χ4v) is 2.37. The first kappa shape index (κ1) is 10.8. The zero-order chi connectivity index (χ0) is 8.97. The second-order valence-electron chi connectivity index (χ2n) is 2.25. The monoisotopic (exact) mass is 361 g/mol. The Kier molecular flexibility index (Phi) is 4.96. The second kappa shape index (κ2) is 5.49. The number of oxazole rings is 1. The van der Waals surface area contributed by atoms with Crippen LogP contribution in [0, 0.1) is 3.77 Å². The lowest BCUT2D eigenvalue weighted by atomic mass is 10.4. The normalized spacial score (nSPS) is 10.6. The van der Waals surface area contributed by atoms with Gasteiger partial charge in [0.1, 0.15) is 0 Å². The van der Waals surface area contributed by atoms with Crippen LogP contribution < -0.4 is 0 Å². The largest absolute Gasteiger partial charge is 0.424 e. The highest BCUT2D eigenvalue weighted by molar-refractivity contribution is 14.1. The van der Waals surface area contributed by atoms with Gasteiger partial charge in [-0.25, -0.2) is 0 Å². The fourth-order valence-electron chi connectivity index (χ4n) is 0.631. The zero-order valence-corrected chi connectivity index (χ0v) is 11.2. The summed E-state index contributed by atoms with van der Waals surface area (Å²) in [6, 6.07) is 0. The van der Waals surface area contributed by atoms with E-state index in [1.807, 2.05) is 0 Å². The van der Waals surface area contributed by atoms with Crippen molar-refractivity contribution in [3.05, 3.63) is 8.37 Å². The van der Waals surface area contributed by atoms with E-state index in [1.54, 1.807) is 11.8 Å². The van der Waals surface area contributed by atoms with Crippen LogP contribution in [0.1, 0.15) is 19.8 Å². The van der Waals surface area contributed by atoms with Crippen LogP contribution in [0.3, 0.4) is 0 Å². The van der Waals surface area contributed by atoms with Gasteiger partial charge in [-0.15, -0.1) is 0 Å². The molecule has 1 rings (SSSR count). The fraction of sp³-hybridized carbons (Fsp3) is 0.571. The van der Waals surface area contributed by atoms with Crippen LogP contribution in [-0.2, 0) is 0 Å². The highest BCUT2D eigenvalue weighted by atomic mass is 127. The molecule has 0 bridgehead atoms. The Balaban J connectivity index is 2.42. The Morgan fingerprint density at radius 3 is 2.92 bits per heavy atom. The lowest BCUT2D eigenvalue weighted by Gasteiger charge is -1.91. The molecule has 0 aromatic carbocycles. The summed E-state index contributed by atoms with van der Waals surface area (Å²) in [6.07, 6.45) is 2.42. The highest BCUT2D eigenvalue weighted by Gasteiger charge is 2.07. The Labute approximate surface area is 98.2 Å². The third-order valence-corrected chi connectivity index (χ3v) is 4.18. The molecule has 0 spiro atoms. The van der Waals surface area contributed by atoms with Gasteiger partial charge in [-0.3, -0.25) is 0 Å². The average Bonchev–Trinajstić information content (AvgIpc) is 2.32. The van der Waals surface area contributed by atoms with Crippen molar-refractivity contribution in [1.29, 1.82) is 0 Å². The lowest BCUT2D eigenvalue weighted by Crippen LogP contribution is -1.77. The van der Waals surface area contributed by atoms with Crippen molar-refractivity contribution in [2.45, 2.75) is 25.0 Å². The zero-order valence-electron chi connectivity index (χ0n) is 6.64. The molecule has 0 N–H and O–H groups in total. The van der Waals surface area contributed by atoms with Gasteiger partial charge in [-0.05, 0) is 22.4 Å². The van der Waals surface area contributed by atoms with E-state index in [0.717, 1.165) is 19.3 Å². The summed E-state index contributed by atoms with van der Waals surface area (Å²) in [5.74, 6) is 1.08. The predicted octanol–water partition coefficient (Wildman–Crippen LogP) is 3.93.